The van der Waals surface area contributed by atoms with E-state index < -0.39 is 33.1 Å². The number of carbonyl (C=O) groups excluding carboxylic acids is 1. The normalized spacial score (nSPS) is 28.4. The molecule has 2 amide bonds. The first-order chi connectivity index (χ1) is 10.6. The SMILES string of the molecule is O=C(NC1(C(F)(F)F)CCCC1)N1CCC12CCS(=O)(=O)CC2. The zero-order valence-electron chi connectivity index (χ0n) is 12.8. The molecular formula is C14H21F3N2O3S. The van der Waals surface area contributed by atoms with E-state index in [0.29, 0.717) is 38.6 Å². The largest absolute Gasteiger partial charge is 0.411 e. The molecule has 3 aliphatic rings. The van der Waals surface area contributed by atoms with Gasteiger partial charge in [-0.3, -0.25) is 0 Å². The first-order valence-corrected chi connectivity index (χ1v) is 9.78. The number of carbonyl (C=O) groups is 1. The van der Waals surface area contributed by atoms with E-state index in [1.54, 1.807) is 0 Å². The Balaban J connectivity index is 1.71. The summed E-state index contributed by atoms with van der Waals surface area (Å²) in [5, 5.41) is 2.24. The van der Waals surface area contributed by atoms with Crippen LogP contribution in [0.15, 0.2) is 0 Å². The number of rotatable bonds is 1. The summed E-state index contributed by atoms with van der Waals surface area (Å²) >= 11 is 0. The van der Waals surface area contributed by atoms with Crippen LogP contribution in [-0.4, -0.2) is 54.7 Å². The van der Waals surface area contributed by atoms with Crippen LogP contribution in [0.4, 0.5) is 18.0 Å². The van der Waals surface area contributed by atoms with E-state index in [1.165, 1.54) is 4.90 Å². The lowest BCUT2D eigenvalue weighted by Crippen LogP contribution is -2.70. The molecule has 1 aliphatic carbocycles. The highest BCUT2D eigenvalue weighted by Gasteiger charge is 2.59. The molecule has 1 N–H and O–H groups in total. The topological polar surface area (TPSA) is 66.5 Å². The van der Waals surface area contributed by atoms with Crippen molar-refractivity contribution in [3.05, 3.63) is 0 Å². The van der Waals surface area contributed by atoms with E-state index in [4.69, 9.17) is 0 Å². The highest BCUT2D eigenvalue weighted by Crippen LogP contribution is 2.45. The summed E-state index contributed by atoms with van der Waals surface area (Å²) in [4.78, 5) is 13.9. The second-order valence-electron chi connectivity index (χ2n) is 6.99. The lowest BCUT2D eigenvalue weighted by Gasteiger charge is -2.55. The molecule has 0 unspecified atom stereocenters. The molecule has 3 fully saturated rings. The zero-order valence-corrected chi connectivity index (χ0v) is 13.6. The smallest absolute Gasteiger partial charge is 0.323 e. The van der Waals surface area contributed by atoms with Crippen LogP contribution < -0.4 is 5.32 Å². The van der Waals surface area contributed by atoms with Crippen molar-refractivity contribution in [2.45, 2.75) is 62.2 Å². The van der Waals surface area contributed by atoms with Crippen molar-refractivity contribution in [3.8, 4) is 0 Å². The molecule has 0 aromatic heterocycles. The van der Waals surface area contributed by atoms with E-state index in [9.17, 15) is 26.4 Å². The van der Waals surface area contributed by atoms with E-state index in [1.807, 2.05) is 0 Å². The molecule has 0 aromatic rings. The summed E-state index contributed by atoms with van der Waals surface area (Å²) in [5.41, 5.74) is -2.69. The van der Waals surface area contributed by atoms with Gasteiger partial charge in [-0.15, -0.1) is 0 Å². The molecule has 23 heavy (non-hydrogen) atoms. The first kappa shape index (κ1) is 16.9. The second kappa shape index (κ2) is 5.26. The van der Waals surface area contributed by atoms with Gasteiger partial charge in [-0.1, -0.05) is 12.8 Å². The van der Waals surface area contributed by atoms with Gasteiger partial charge >= 0.3 is 12.2 Å². The van der Waals surface area contributed by atoms with Crippen LogP contribution in [0.1, 0.15) is 44.9 Å². The number of likely N-dealkylation sites (tertiary alicyclic amines) is 1. The third-order valence-electron chi connectivity index (χ3n) is 5.72. The molecule has 2 aliphatic heterocycles. The van der Waals surface area contributed by atoms with E-state index in [2.05, 4.69) is 5.32 Å². The number of halogens is 3. The van der Waals surface area contributed by atoms with Gasteiger partial charge < -0.3 is 10.2 Å². The summed E-state index contributed by atoms with van der Waals surface area (Å²) in [6.07, 6.45) is -2.44. The Labute approximate surface area is 133 Å². The van der Waals surface area contributed by atoms with Crippen molar-refractivity contribution in [1.29, 1.82) is 0 Å². The molecular weight excluding hydrogens is 333 g/mol. The van der Waals surface area contributed by atoms with Gasteiger partial charge in [-0.05, 0) is 32.1 Å². The number of alkyl halides is 3. The van der Waals surface area contributed by atoms with Crippen molar-refractivity contribution in [1.82, 2.24) is 10.2 Å². The van der Waals surface area contributed by atoms with Crippen molar-refractivity contribution >= 4 is 15.9 Å². The summed E-state index contributed by atoms with van der Waals surface area (Å²) < 4.78 is 63.2. The minimum Gasteiger partial charge on any atom is -0.323 e. The van der Waals surface area contributed by atoms with Crippen LogP contribution in [0.5, 0.6) is 0 Å². The minimum absolute atomic E-state index is 0.00118. The van der Waals surface area contributed by atoms with Crippen molar-refractivity contribution in [3.63, 3.8) is 0 Å². The first-order valence-electron chi connectivity index (χ1n) is 7.96. The quantitative estimate of drug-likeness (QED) is 0.785. The van der Waals surface area contributed by atoms with Gasteiger partial charge in [0.1, 0.15) is 15.4 Å². The lowest BCUT2D eigenvalue weighted by atomic mass is 9.79. The molecule has 2 heterocycles. The number of amides is 2. The lowest BCUT2D eigenvalue weighted by molar-refractivity contribution is -0.192. The predicted molar refractivity (Wildman–Crippen MR) is 77.7 cm³/mol. The van der Waals surface area contributed by atoms with E-state index >= 15 is 0 Å². The highest BCUT2D eigenvalue weighted by atomic mass is 32.2. The Morgan fingerprint density at radius 3 is 2.00 bits per heavy atom. The Kier molecular flexibility index (Phi) is 3.85. The fourth-order valence-electron chi connectivity index (χ4n) is 4.02. The molecule has 0 bridgehead atoms. The number of nitrogens with zero attached hydrogens (tertiary/aromatic N) is 1. The molecule has 1 saturated carbocycles. The van der Waals surface area contributed by atoms with E-state index in [-0.39, 0.29) is 24.3 Å². The maximum Gasteiger partial charge on any atom is 0.411 e. The molecule has 0 atom stereocenters. The fraction of sp³-hybridized carbons (Fsp3) is 0.929. The van der Waals surface area contributed by atoms with Gasteiger partial charge in [0.05, 0.1) is 11.5 Å². The predicted octanol–water partition coefficient (Wildman–Crippen LogP) is 2.22. The molecule has 2 saturated heterocycles. The van der Waals surface area contributed by atoms with Crippen LogP contribution in [0, 0.1) is 0 Å². The monoisotopic (exact) mass is 354 g/mol. The number of sulfone groups is 1. The van der Waals surface area contributed by atoms with Crippen molar-refractivity contribution in [2.24, 2.45) is 0 Å². The number of nitrogens with one attached hydrogen (secondary N) is 1. The molecule has 132 valence electrons. The molecule has 5 nitrogen and oxygen atoms in total. The Hall–Kier alpha value is -0.990. The second-order valence-corrected chi connectivity index (χ2v) is 9.30. The summed E-state index contributed by atoms with van der Waals surface area (Å²) in [6.45, 7) is 0.389. The third kappa shape index (κ3) is 2.81. The van der Waals surface area contributed by atoms with Gasteiger partial charge in [0.15, 0.2) is 0 Å². The Bertz CT molecular complexity index is 583. The van der Waals surface area contributed by atoms with Gasteiger partial charge in [0.2, 0.25) is 0 Å². The fourth-order valence-corrected chi connectivity index (χ4v) is 5.61. The van der Waals surface area contributed by atoms with Crippen molar-refractivity contribution < 1.29 is 26.4 Å². The van der Waals surface area contributed by atoms with Crippen LogP contribution >= 0.6 is 0 Å². The average molecular weight is 354 g/mol. The third-order valence-corrected chi connectivity index (χ3v) is 7.37. The van der Waals surface area contributed by atoms with Crippen LogP contribution in [0.25, 0.3) is 0 Å². The maximum atomic E-state index is 13.4. The van der Waals surface area contributed by atoms with Gasteiger partial charge in [-0.2, -0.15) is 13.2 Å². The molecule has 1 spiro atoms. The summed E-state index contributed by atoms with van der Waals surface area (Å²) in [5.74, 6) is 0.00237. The minimum atomic E-state index is -4.47. The number of urea groups is 1. The molecule has 0 radical (unpaired) electrons. The standard InChI is InChI=1S/C14H21F3N2O3S/c15-14(16,17)13(3-1-2-4-13)18-11(20)19-8-5-12(19)6-9-23(21,22)10-7-12/h1-10H2,(H,18,20). The van der Waals surface area contributed by atoms with Gasteiger partial charge in [0, 0.05) is 12.1 Å². The Morgan fingerprint density at radius 1 is 1.00 bits per heavy atom. The van der Waals surface area contributed by atoms with Gasteiger partial charge in [-0.25, -0.2) is 13.2 Å². The van der Waals surface area contributed by atoms with Crippen molar-refractivity contribution in [2.75, 3.05) is 18.1 Å². The van der Waals surface area contributed by atoms with E-state index in [0.717, 1.165) is 0 Å². The highest BCUT2D eigenvalue weighted by molar-refractivity contribution is 7.91. The molecule has 0 aromatic carbocycles. The van der Waals surface area contributed by atoms with Crippen LogP contribution in [-0.2, 0) is 9.84 Å². The number of hydrogen-bond acceptors (Lipinski definition) is 3. The zero-order chi connectivity index (χ0) is 16.9. The van der Waals surface area contributed by atoms with Gasteiger partial charge in [0.25, 0.3) is 0 Å². The Morgan fingerprint density at radius 2 is 1.57 bits per heavy atom. The summed E-state index contributed by atoms with van der Waals surface area (Å²) in [6, 6.07) is -0.699. The van der Waals surface area contributed by atoms with Crippen LogP contribution in [0.3, 0.4) is 0 Å². The summed E-state index contributed by atoms with van der Waals surface area (Å²) in [7, 11) is -3.08. The van der Waals surface area contributed by atoms with Crippen LogP contribution in [0.2, 0.25) is 0 Å². The maximum absolute atomic E-state index is 13.4. The molecule has 3 rings (SSSR count). The molecule has 9 heteroatoms. The number of hydrogen-bond donors (Lipinski definition) is 1. The average Bonchev–Trinajstić information content (AvgIpc) is 2.86.